The quantitative estimate of drug-likeness (QED) is 0.789. The molecule has 23 heavy (non-hydrogen) atoms. The summed E-state index contributed by atoms with van der Waals surface area (Å²) in [5.74, 6) is -0.507. The molecule has 7 heteroatoms. The molecule has 0 aliphatic carbocycles. The Kier molecular flexibility index (Phi) is 5.49. The third-order valence-corrected chi connectivity index (χ3v) is 4.79. The summed E-state index contributed by atoms with van der Waals surface area (Å²) in [4.78, 5) is 16.4. The van der Waals surface area contributed by atoms with Crippen molar-refractivity contribution < 1.29 is 18.0 Å². The third-order valence-electron chi connectivity index (χ3n) is 3.24. The zero-order valence-corrected chi connectivity index (χ0v) is 13.7. The summed E-state index contributed by atoms with van der Waals surface area (Å²) in [6.07, 6.45) is 0. The van der Waals surface area contributed by atoms with Crippen molar-refractivity contribution in [2.24, 2.45) is 0 Å². The molecular weight excluding hydrogens is 316 g/mol. The van der Waals surface area contributed by atoms with E-state index in [1.165, 1.54) is 13.2 Å². The van der Waals surface area contributed by atoms with E-state index < -0.39 is 15.9 Å². The number of carbonyl (C=O) groups excluding carboxylic acids is 1. The lowest BCUT2D eigenvalue weighted by molar-refractivity contribution is 0.0537. The Balaban J connectivity index is 2.24. The van der Waals surface area contributed by atoms with Gasteiger partial charge >= 0.3 is 0 Å². The summed E-state index contributed by atoms with van der Waals surface area (Å²) < 4.78 is 27.5. The Labute approximate surface area is 135 Å². The first kappa shape index (κ1) is 17.1. The minimum Gasteiger partial charge on any atom is -0.277 e. The predicted octanol–water partition coefficient (Wildman–Crippen LogP) is 1.76. The zero-order valence-electron chi connectivity index (χ0n) is 12.9. The summed E-state index contributed by atoms with van der Waals surface area (Å²) in [5.41, 5.74) is 3.77. The van der Waals surface area contributed by atoms with Crippen molar-refractivity contribution in [1.29, 1.82) is 0 Å². The molecule has 0 bridgehead atoms. The van der Waals surface area contributed by atoms with Crippen LogP contribution in [0.2, 0.25) is 0 Å². The SMILES string of the molecule is CONC(=O)c1ccc(C)c(S(=O)(=O)NCc2ccccc2)c1. The van der Waals surface area contributed by atoms with Crippen LogP contribution in [-0.4, -0.2) is 21.4 Å². The molecule has 0 radical (unpaired) electrons. The van der Waals surface area contributed by atoms with Crippen LogP contribution in [0.15, 0.2) is 53.4 Å². The second-order valence-corrected chi connectivity index (χ2v) is 6.66. The fourth-order valence-corrected chi connectivity index (χ4v) is 3.32. The highest BCUT2D eigenvalue weighted by atomic mass is 32.2. The molecule has 2 aromatic carbocycles. The topological polar surface area (TPSA) is 84.5 Å². The van der Waals surface area contributed by atoms with Crippen molar-refractivity contribution in [2.75, 3.05) is 7.11 Å². The number of aryl methyl sites for hydroxylation is 1. The monoisotopic (exact) mass is 334 g/mol. The number of hydroxylamine groups is 1. The Morgan fingerprint density at radius 3 is 2.48 bits per heavy atom. The maximum atomic E-state index is 12.5. The van der Waals surface area contributed by atoms with Gasteiger partial charge in [0.05, 0.1) is 12.0 Å². The van der Waals surface area contributed by atoms with Crippen LogP contribution in [0.3, 0.4) is 0 Å². The number of amides is 1. The summed E-state index contributed by atoms with van der Waals surface area (Å²) in [6.45, 7) is 1.85. The summed E-state index contributed by atoms with van der Waals surface area (Å²) in [5, 5.41) is 0. The minimum atomic E-state index is -3.73. The number of benzene rings is 2. The summed E-state index contributed by atoms with van der Waals surface area (Å²) >= 11 is 0. The van der Waals surface area contributed by atoms with Crippen LogP contribution in [0.1, 0.15) is 21.5 Å². The van der Waals surface area contributed by atoms with E-state index in [2.05, 4.69) is 15.0 Å². The van der Waals surface area contributed by atoms with Gasteiger partial charge in [0.1, 0.15) is 0 Å². The van der Waals surface area contributed by atoms with Crippen LogP contribution in [-0.2, 0) is 21.4 Å². The van der Waals surface area contributed by atoms with Gasteiger partial charge in [-0.3, -0.25) is 9.63 Å². The van der Waals surface area contributed by atoms with Crippen molar-refractivity contribution in [1.82, 2.24) is 10.2 Å². The second kappa shape index (κ2) is 7.36. The van der Waals surface area contributed by atoms with Gasteiger partial charge in [-0.05, 0) is 30.2 Å². The van der Waals surface area contributed by atoms with Gasteiger partial charge in [-0.15, -0.1) is 0 Å². The summed E-state index contributed by atoms with van der Waals surface area (Å²) in [7, 11) is -2.42. The molecule has 1 amide bonds. The van der Waals surface area contributed by atoms with E-state index in [1.807, 2.05) is 30.3 Å². The molecule has 122 valence electrons. The minimum absolute atomic E-state index is 0.0668. The molecule has 0 saturated heterocycles. The van der Waals surface area contributed by atoms with Gasteiger partial charge in [0.15, 0.2) is 0 Å². The number of nitrogens with one attached hydrogen (secondary N) is 2. The average Bonchev–Trinajstić information content (AvgIpc) is 2.54. The molecule has 6 nitrogen and oxygen atoms in total. The first-order chi connectivity index (χ1) is 10.9. The van der Waals surface area contributed by atoms with Gasteiger partial charge in [-0.2, -0.15) is 0 Å². The number of hydrogen-bond acceptors (Lipinski definition) is 4. The first-order valence-electron chi connectivity index (χ1n) is 6.91. The maximum Gasteiger partial charge on any atom is 0.274 e. The molecule has 0 spiro atoms. The molecule has 0 aliphatic heterocycles. The average molecular weight is 334 g/mol. The molecular formula is C16H18N2O4S. The molecule has 2 rings (SSSR count). The third kappa shape index (κ3) is 4.38. The lowest BCUT2D eigenvalue weighted by atomic mass is 10.1. The highest BCUT2D eigenvalue weighted by molar-refractivity contribution is 7.89. The fourth-order valence-electron chi connectivity index (χ4n) is 2.03. The number of hydrogen-bond donors (Lipinski definition) is 2. The van der Waals surface area contributed by atoms with Gasteiger partial charge < -0.3 is 0 Å². The van der Waals surface area contributed by atoms with Gasteiger partial charge in [0, 0.05) is 12.1 Å². The highest BCUT2D eigenvalue weighted by Crippen LogP contribution is 2.17. The van der Waals surface area contributed by atoms with E-state index in [1.54, 1.807) is 19.1 Å². The highest BCUT2D eigenvalue weighted by Gasteiger charge is 2.19. The van der Waals surface area contributed by atoms with Crippen molar-refractivity contribution in [2.45, 2.75) is 18.4 Å². The van der Waals surface area contributed by atoms with Gasteiger partial charge in [-0.1, -0.05) is 36.4 Å². The molecule has 0 atom stereocenters. The fraction of sp³-hybridized carbons (Fsp3) is 0.188. The van der Waals surface area contributed by atoms with E-state index in [4.69, 9.17) is 0 Å². The smallest absolute Gasteiger partial charge is 0.274 e. The Hall–Kier alpha value is -2.22. The molecule has 0 fully saturated rings. The molecule has 0 heterocycles. The second-order valence-electron chi connectivity index (χ2n) is 4.93. The largest absolute Gasteiger partial charge is 0.277 e. The van der Waals surface area contributed by atoms with Crippen LogP contribution in [0.25, 0.3) is 0 Å². The van der Waals surface area contributed by atoms with Crippen LogP contribution in [0, 0.1) is 6.92 Å². The van der Waals surface area contributed by atoms with E-state index in [0.717, 1.165) is 5.56 Å². The Bertz CT molecular complexity index is 789. The van der Waals surface area contributed by atoms with Gasteiger partial charge in [0.2, 0.25) is 10.0 Å². The zero-order chi connectivity index (χ0) is 16.9. The van der Waals surface area contributed by atoms with Gasteiger partial charge in [-0.25, -0.2) is 18.6 Å². The van der Waals surface area contributed by atoms with Crippen molar-refractivity contribution in [3.05, 3.63) is 65.2 Å². The van der Waals surface area contributed by atoms with E-state index in [-0.39, 0.29) is 17.0 Å². The number of rotatable bonds is 6. The Morgan fingerprint density at radius 2 is 1.83 bits per heavy atom. The Morgan fingerprint density at radius 1 is 1.13 bits per heavy atom. The van der Waals surface area contributed by atoms with Gasteiger partial charge in [0.25, 0.3) is 5.91 Å². The maximum absolute atomic E-state index is 12.5. The van der Waals surface area contributed by atoms with Crippen molar-refractivity contribution >= 4 is 15.9 Å². The van der Waals surface area contributed by atoms with Crippen LogP contribution in [0.5, 0.6) is 0 Å². The summed E-state index contributed by atoms with van der Waals surface area (Å²) in [6, 6.07) is 13.7. The van der Waals surface area contributed by atoms with Crippen LogP contribution >= 0.6 is 0 Å². The normalized spacial score (nSPS) is 11.2. The van der Waals surface area contributed by atoms with E-state index >= 15 is 0 Å². The number of sulfonamides is 1. The van der Waals surface area contributed by atoms with Crippen molar-refractivity contribution in [3.8, 4) is 0 Å². The molecule has 0 aliphatic rings. The lowest BCUT2D eigenvalue weighted by Gasteiger charge is -2.11. The molecule has 0 unspecified atom stereocenters. The van der Waals surface area contributed by atoms with E-state index in [0.29, 0.717) is 5.56 Å². The number of carbonyl (C=O) groups is 1. The predicted molar refractivity (Wildman–Crippen MR) is 86.1 cm³/mol. The van der Waals surface area contributed by atoms with E-state index in [9.17, 15) is 13.2 Å². The molecule has 2 aromatic rings. The van der Waals surface area contributed by atoms with Crippen LogP contribution in [0.4, 0.5) is 0 Å². The van der Waals surface area contributed by atoms with Crippen molar-refractivity contribution in [3.63, 3.8) is 0 Å². The standard InChI is InChI=1S/C16H18N2O4S/c1-12-8-9-14(16(19)18-22-2)10-15(12)23(20,21)17-11-13-6-4-3-5-7-13/h3-10,17H,11H2,1-2H3,(H,18,19). The lowest BCUT2D eigenvalue weighted by Crippen LogP contribution is -2.26. The molecule has 0 saturated carbocycles. The molecule has 0 aromatic heterocycles. The molecule has 2 N–H and O–H groups in total. The van der Waals surface area contributed by atoms with Crippen LogP contribution < -0.4 is 10.2 Å². The first-order valence-corrected chi connectivity index (χ1v) is 8.40.